The number of nitrogens with zero attached hydrogens (tertiary/aromatic N) is 1. The van der Waals surface area contributed by atoms with E-state index in [2.05, 4.69) is 10.3 Å². The number of pyridine rings is 1. The average molecular weight is 361 g/mol. The van der Waals surface area contributed by atoms with Gasteiger partial charge in [0.15, 0.2) is 6.10 Å². The van der Waals surface area contributed by atoms with Crippen LogP contribution in [0, 0.1) is 0 Å². The minimum absolute atomic E-state index is 0.266. The zero-order valence-electron chi connectivity index (χ0n) is 12.5. The highest BCUT2D eigenvalue weighted by Crippen LogP contribution is 2.23. The fourth-order valence-corrected chi connectivity index (χ4v) is 2.93. The molecule has 1 atom stereocenters. The van der Waals surface area contributed by atoms with E-state index >= 15 is 0 Å². The summed E-state index contributed by atoms with van der Waals surface area (Å²) in [6.45, 7) is 0.266. The Kier molecular flexibility index (Phi) is 5.00. The number of aliphatic hydroxyl groups excluding tert-OH is 1. The lowest BCUT2D eigenvalue weighted by molar-refractivity contribution is -0.129. The van der Waals surface area contributed by atoms with Crippen molar-refractivity contribution in [3.8, 4) is 0 Å². The van der Waals surface area contributed by atoms with Crippen LogP contribution in [0.3, 0.4) is 0 Å². The van der Waals surface area contributed by atoms with E-state index in [-0.39, 0.29) is 6.54 Å². The maximum absolute atomic E-state index is 12.1. The maximum atomic E-state index is 12.1. The Bertz CT molecular complexity index is 879. The zero-order valence-corrected chi connectivity index (χ0v) is 14.1. The van der Waals surface area contributed by atoms with Crippen molar-refractivity contribution in [2.24, 2.45) is 0 Å². The number of carbonyl (C=O) groups excluding carboxylic acids is 1. The molecule has 3 rings (SSSR count). The number of hydrogen-bond donors (Lipinski definition) is 2. The molecule has 0 spiro atoms. The standard InChI is InChI=1S/C18H14Cl2N2O2/c19-14-6-13(7-15(20)8-14)17(23)18(24)22-10-11-5-12-3-1-2-4-16(12)21-9-11/h1-9,17,23H,10H2,(H,22,24). The van der Waals surface area contributed by atoms with Gasteiger partial charge in [0.25, 0.3) is 5.91 Å². The summed E-state index contributed by atoms with van der Waals surface area (Å²) >= 11 is 11.8. The first kappa shape index (κ1) is 16.7. The van der Waals surface area contributed by atoms with Crippen LogP contribution in [-0.4, -0.2) is 16.0 Å². The van der Waals surface area contributed by atoms with E-state index in [4.69, 9.17) is 23.2 Å². The number of nitrogens with one attached hydrogen (secondary N) is 1. The summed E-state index contributed by atoms with van der Waals surface area (Å²) in [7, 11) is 0. The van der Waals surface area contributed by atoms with Crippen LogP contribution in [0.15, 0.2) is 54.7 Å². The molecule has 0 fully saturated rings. The number of benzene rings is 2. The molecule has 122 valence electrons. The molecule has 0 saturated heterocycles. The van der Waals surface area contributed by atoms with Crippen molar-refractivity contribution >= 4 is 40.0 Å². The molecule has 1 aromatic heterocycles. The summed E-state index contributed by atoms with van der Waals surface area (Å²) < 4.78 is 0. The Morgan fingerprint density at radius 2 is 1.83 bits per heavy atom. The molecule has 1 heterocycles. The van der Waals surface area contributed by atoms with E-state index in [1.54, 1.807) is 6.20 Å². The van der Waals surface area contributed by atoms with Gasteiger partial charge in [0.05, 0.1) is 5.52 Å². The van der Waals surface area contributed by atoms with Gasteiger partial charge >= 0.3 is 0 Å². The summed E-state index contributed by atoms with van der Waals surface area (Å²) in [5.41, 5.74) is 2.08. The predicted molar refractivity (Wildman–Crippen MR) is 95.0 cm³/mol. The van der Waals surface area contributed by atoms with Gasteiger partial charge in [-0.15, -0.1) is 0 Å². The third-order valence-electron chi connectivity index (χ3n) is 3.56. The minimum atomic E-state index is -1.34. The molecule has 4 nitrogen and oxygen atoms in total. The Labute approximate surface area is 149 Å². The maximum Gasteiger partial charge on any atom is 0.253 e. The van der Waals surface area contributed by atoms with Crippen LogP contribution in [0.5, 0.6) is 0 Å². The first-order valence-corrected chi connectivity index (χ1v) is 8.04. The van der Waals surface area contributed by atoms with E-state index in [0.717, 1.165) is 16.5 Å². The Morgan fingerprint density at radius 3 is 2.58 bits per heavy atom. The predicted octanol–water partition coefficient (Wildman–Crippen LogP) is 3.89. The van der Waals surface area contributed by atoms with Crippen LogP contribution < -0.4 is 5.32 Å². The fourth-order valence-electron chi connectivity index (χ4n) is 2.38. The molecule has 0 aliphatic rings. The molecule has 6 heteroatoms. The lowest BCUT2D eigenvalue weighted by Gasteiger charge is -2.12. The van der Waals surface area contributed by atoms with Crippen LogP contribution in [0.25, 0.3) is 10.9 Å². The van der Waals surface area contributed by atoms with Crippen molar-refractivity contribution in [3.05, 3.63) is 75.9 Å². The highest BCUT2D eigenvalue weighted by Gasteiger charge is 2.18. The van der Waals surface area contributed by atoms with Gasteiger partial charge in [0.2, 0.25) is 0 Å². The van der Waals surface area contributed by atoms with Gasteiger partial charge in [-0.3, -0.25) is 9.78 Å². The largest absolute Gasteiger partial charge is 0.378 e. The minimum Gasteiger partial charge on any atom is -0.378 e. The number of aliphatic hydroxyl groups is 1. The van der Waals surface area contributed by atoms with E-state index in [1.807, 2.05) is 30.3 Å². The molecular formula is C18H14Cl2N2O2. The number of fused-ring (bicyclic) bond motifs is 1. The second-order valence-electron chi connectivity index (χ2n) is 5.36. The molecule has 1 unspecified atom stereocenters. The number of aromatic nitrogens is 1. The van der Waals surface area contributed by atoms with Crippen molar-refractivity contribution in [1.29, 1.82) is 0 Å². The molecular weight excluding hydrogens is 347 g/mol. The summed E-state index contributed by atoms with van der Waals surface area (Å²) in [6, 6.07) is 14.2. The Morgan fingerprint density at radius 1 is 1.12 bits per heavy atom. The molecule has 24 heavy (non-hydrogen) atoms. The number of halogens is 2. The van der Waals surface area contributed by atoms with Gasteiger partial charge in [0, 0.05) is 28.2 Å². The third kappa shape index (κ3) is 3.85. The second kappa shape index (κ2) is 7.18. The lowest BCUT2D eigenvalue weighted by atomic mass is 10.1. The van der Waals surface area contributed by atoms with Crippen molar-refractivity contribution < 1.29 is 9.90 Å². The molecule has 3 aromatic rings. The van der Waals surface area contributed by atoms with E-state index < -0.39 is 12.0 Å². The van der Waals surface area contributed by atoms with E-state index in [1.165, 1.54) is 18.2 Å². The van der Waals surface area contributed by atoms with Crippen molar-refractivity contribution in [2.75, 3.05) is 0 Å². The van der Waals surface area contributed by atoms with Crippen molar-refractivity contribution in [1.82, 2.24) is 10.3 Å². The SMILES string of the molecule is O=C(NCc1cnc2ccccc2c1)C(O)c1cc(Cl)cc(Cl)c1. The smallest absolute Gasteiger partial charge is 0.253 e. The summed E-state index contributed by atoms with van der Waals surface area (Å²) in [4.78, 5) is 16.5. The Balaban J connectivity index is 1.69. The van der Waals surface area contributed by atoms with Gasteiger partial charge in [-0.2, -0.15) is 0 Å². The Hall–Kier alpha value is -2.14. The number of hydrogen-bond acceptors (Lipinski definition) is 3. The number of carbonyl (C=O) groups is 1. The summed E-state index contributed by atoms with van der Waals surface area (Å²) in [6.07, 6.45) is 0.361. The summed E-state index contributed by atoms with van der Waals surface area (Å²) in [5, 5.41) is 14.5. The van der Waals surface area contributed by atoms with Gasteiger partial charge in [0.1, 0.15) is 0 Å². The lowest BCUT2D eigenvalue weighted by Crippen LogP contribution is -2.28. The molecule has 0 aliphatic carbocycles. The van der Waals surface area contributed by atoms with Gasteiger partial charge in [-0.05, 0) is 41.5 Å². The highest BCUT2D eigenvalue weighted by molar-refractivity contribution is 6.34. The van der Waals surface area contributed by atoms with Crippen LogP contribution in [0.1, 0.15) is 17.2 Å². The first-order valence-electron chi connectivity index (χ1n) is 7.28. The molecule has 0 aliphatic heterocycles. The van der Waals surface area contributed by atoms with E-state index in [0.29, 0.717) is 15.6 Å². The quantitative estimate of drug-likeness (QED) is 0.741. The zero-order chi connectivity index (χ0) is 17.1. The first-order chi connectivity index (χ1) is 11.5. The number of amides is 1. The molecule has 0 radical (unpaired) electrons. The topological polar surface area (TPSA) is 62.2 Å². The highest BCUT2D eigenvalue weighted by atomic mass is 35.5. The molecule has 0 saturated carbocycles. The fraction of sp³-hybridized carbons (Fsp3) is 0.111. The van der Waals surface area contributed by atoms with Crippen molar-refractivity contribution in [2.45, 2.75) is 12.6 Å². The van der Waals surface area contributed by atoms with Crippen LogP contribution >= 0.6 is 23.2 Å². The molecule has 2 aromatic carbocycles. The van der Waals surface area contributed by atoms with Crippen LogP contribution in [-0.2, 0) is 11.3 Å². The van der Waals surface area contributed by atoms with Gasteiger partial charge < -0.3 is 10.4 Å². The van der Waals surface area contributed by atoms with E-state index in [9.17, 15) is 9.90 Å². The summed E-state index contributed by atoms with van der Waals surface area (Å²) in [5.74, 6) is -0.526. The number of para-hydroxylation sites is 1. The van der Waals surface area contributed by atoms with Crippen LogP contribution in [0.2, 0.25) is 10.0 Å². The third-order valence-corrected chi connectivity index (χ3v) is 4.00. The van der Waals surface area contributed by atoms with Crippen LogP contribution in [0.4, 0.5) is 0 Å². The molecule has 1 amide bonds. The van der Waals surface area contributed by atoms with Gasteiger partial charge in [-0.1, -0.05) is 41.4 Å². The monoisotopic (exact) mass is 360 g/mol. The number of rotatable bonds is 4. The average Bonchev–Trinajstić information content (AvgIpc) is 2.58. The molecule has 2 N–H and O–H groups in total. The normalized spacial score (nSPS) is 12.1. The second-order valence-corrected chi connectivity index (χ2v) is 6.23. The van der Waals surface area contributed by atoms with Gasteiger partial charge in [-0.25, -0.2) is 0 Å². The molecule has 0 bridgehead atoms. The van der Waals surface area contributed by atoms with Crippen molar-refractivity contribution in [3.63, 3.8) is 0 Å².